The summed E-state index contributed by atoms with van der Waals surface area (Å²) in [5, 5.41) is 0.320. The number of carbonyl (C=O) groups is 1. The van der Waals surface area contributed by atoms with Gasteiger partial charge in [-0.3, -0.25) is 4.79 Å². The third-order valence-corrected chi connectivity index (χ3v) is 4.12. The van der Waals surface area contributed by atoms with Crippen molar-refractivity contribution >= 4 is 17.7 Å². The summed E-state index contributed by atoms with van der Waals surface area (Å²) in [5.74, 6) is 2.09. The molecule has 1 aliphatic heterocycles. The number of rotatable bonds is 3. The SMILES string of the molecule is COc1ccc(CC(=O)N2CCSC2C)cc1. The van der Waals surface area contributed by atoms with Gasteiger partial charge in [0.05, 0.1) is 18.9 Å². The molecule has 0 aliphatic carbocycles. The van der Waals surface area contributed by atoms with E-state index in [-0.39, 0.29) is 5.91 Å². The van der Waals surface area contributed by atoms with E-state index >= 15 is 0 Å². The number of amides is 1. The van der Waals surface area contributed by atoms with Gasteiger partial charge in [-0.15, -0.1) is 11.8 Å². The minimum atomic E-state index is 0.215. The predicted octanol–water partition coefficient (Wildman–Crippen LogP) is 2.16. The van der Waals surface area contributed by atoms with Gasteiger partial charge in [0.2, 0.25) is 5.91 Å². The van der Waals surface area contributed by atoms with Crippen LogP contribution in [0.25, 0.3) is 0 Å². The Morgan fingerprint density at radius 3 is 2.71 bits per heavy atom. The molecule has 0 bridgehead atoms. The average molecular weight is 251 g/mol. The van der Waals surface area contributed by atoms with Crippen LogP contribution in [-0.4, -0.2) is 35.6 Å². The lowest BCUT2D eigenvalue weighted by molar-refractivity contribution is -0.130. The van der Waals surface area contributed by atoms with Crippen molar-refractivity contribution in [2.75, 3.05) is 19.4 Å². The number of benzene rings is 1. The van der Waals surface area contributed by atoms with Crippen LogP contribution in [0.1, 0.15) is 12.5 Å². The molecule has 2 rings (SSSR count). The Morgan fingerprint density at radius 1 is 1.47 bits per heavy atom. The summed E-state index contributed by atoms with van der Waals surface area (Å²) in [4.78, 5) is 14.0. The van der Waals surface area contributed by atoms with E-state index in [1.807, 2.05) is 40.9 Å². The molecule has 3 nitrogen and oxygen atoms in total. The highest BCUT2D eigenvalue weighted by Crippen LogP contribution is 2.23. The molecule has 1 heterocycles. The largest absolute Gasteiger partial charge is 0.497 e. The zero-order chi connectivity index (χ0) is 12.3. The summed E-state index contributed by atoms with van der Waals surface area (Å²) in [6.07, 6.45) is 0.481. The molecule has 1 atom stereocenters. The molecular weight excluding hydrogens is 234 g/mol. The molecule has 1 saturated heterocycles. The van der Waals surface area contributed by atoms with Gasteiger partial charge in [0.1, 0.15) is 5.75 Å². The summed E-state index contributed by atoms with van der Waals surface area (Å²) in [7, 11) is 1.64. The molecule has 0 aromatic heterocycles. The number of hydrogen-bond acceptors (Lipinski definition) is 3. The highest BCUT2D eigenvalue weighted by Gasteiger charge is 2.25. The predicted molar refractivity (Wildman–Crippen MR) is 70.3 cm³/mol. The van der Waals surface area contributed by atoms with Gasteiger partial charge in [-0.05, 0) is 24.6 Å². The van der Waals surface area contributed by atoms with Crippen LogP contribution >= 0.6 is 11.8 Å². The zero-order valence-electron chi connectivity index (χ0n) is 10.2. The van der Waals surface area contributed by atoms with Gasteiger partial charge >= 0.3 is 0 Å². The monoisotopic (exact) mass is 251 g/mol. The molecule has 92 valence electrons. The molecule has 1 aliphatic rings. The second-order valence-electron chi connectivity index (χ2n) is 4.08. The summed E-state index contributed by atoms with van der Waals surface area (Å²) < 4.78 is 5.09. The molecule has 1 fully saturated rings. The smallest absolute Gasteiger partial charge is 0.227 e. The molecule has 0 saturated carbocycles. The minimum absolute atomic E-state index is 0.215. The standard InChI is InChI=1S/C13H17NO2S/c1-10-14(7-8-17-10)13(15)9-11-3-5-12(16-2)6-4-11/h3-6,10H,7-9H2,1-2H3. The van der Waals surface area contributed by atoms with Crippen molar-refractivity contribution in [3.05, 3.63) is 29.8 Å². The van der Waals surface area contributed by atoms with E-state index in [0.29, 0.717) is 11.8 Å². The normalized spacial score (nSPS) is 19.4. The second kappa shape index (κ2) is 5.45. The topological polar surface area (TPSA) is 29.5 Å². The van der Waals surface area contributed by atoms with Crippen LogP contribution in [0.2, 0.25) is 0 Å². The lowest BCUT2D eigenvalue weighted by atomic mass is 10.1. The van der Waals surface area contributed by atoms with Gasteiger partial charge < -0.3 is 9.64 Å². The highest BCUT2D eigenvalue weighted by atomic mass is 32.2. The van der Waals surface area contributed by atoms with Gasteiger partial charge in [0.25, 0.3) is 0 Å². The number of nitrogens with zero attached hydrogens (tertiary/aromatic N) is 1. The van der Waals surface area contributed by atoms with Crippen LogP contribution in [0.15, 0.2) is 24.3 Å². The maximum absolute atomic E-state index is 12.1. The van der Waals surface area contributed by atoms with Crippen molar-refractivity contribution in [3.63, 3.8) is 0 Å². The number of hydrogen-bond donors (Lipinski definition) is 0. The first-order chi connectivity index (χ1) is 8.20. The third-order valence-electron chi connectivity index (χ3n) is 2.96. The lowest BCUT2D eigenvalue weighted by Crippen LogP contribution is -2.34. The minimum Gasteiger partial charge on any atom is -0.497 e. The van der Waals surface area contributed by atoms with E-state index in [1.54, 1.807) is 7.11 Å². The molecule has 4 heteroatoms. The molecule has 0 N–H and O–H groups in total. The number of methoxy groups -OCH3 is 1. The van der Waals surface area contributed by atoms with E-state index in [4.69, 9.17) is 4.74 Å². The molecule has 0 spiro atoms. The summed E-state index contributed by atoms with van der Waals surface area (Å²) in [5.41, 5.74) is 1.04. The van der Waals surface area contributed by atoms with E-state index in [1.165, 1.54) is 0 Å². The third kappa shape index (κ3) is 2.94. The lowest BCUT2D eigenvalue weighted by Gasteiger charge is -2.20. The van der Waals surface area contributed by atoms with E-state index in [2.05, 4.69) is 6.92 Å². The molecular formula is C13H17NO2S. The number of thioether (sulfide) groups is 1. The molecule has 1 aromatic rings. The van der Waals surface area contributed by atoms with Crippen molar-refractivity contribution in [3.8, 4) is 5.75 Å². The van der Waals surface area contributed by atoms with Gasteiger partial charge in [-0.2, -0.15) is 0 Å². The molecule has 1 unspecified atom stereocenters. The fraction of sp³-hybridized carbons (Fsp3) is 0.462. The van der Waals surface area contributed by atoms with Crippen molar-refractivity contribution in [2.24, 2.45) is 0 Å². The zero-order valence-corrected chi connectivity index (χ0v) is 11.0. The molecule has 0 radical (unpaired) electrons. The van der Waals surface area contributed by atoms with Gasteiger partial charge in [0, 0.05) is 12.3 Å². The Balaban J connectivity index is 1.97. The van der Waals surface area contributed by atoms with Crippen molar-refractivity contribution in [2.45, 2.75) is 18.7 Å². The first-order valence-corrected chi connectivity index (χ1v) is 6.79. The Hall–Kier alpha value is -1.16. The Labute approximate surface area is 106 Å². The van der Waals surface area contributed by atoms with Gasteiger partial charge in [0.15, 0.2) is 0 Å². The first kappa shape index (κ1) is 12.3. The summed E-state index contributed by atoms with van der Waals surface area (Å²) in [6, 6.07) is 7.69. The summed E-state index contributed by atoms with van der Waals surface area (Å²) in [6.45, 7) is 2.96. The van der Waals surface area contributed by atoms with E-state index in [9.17, 15) is 4.79 Å². The van der Waals surface area contributed by atoms with Crippen LogP contribution < -0.4 is 4.74 Å². The van der Waals surface area contributed by atoms with Crippen LogP contribution in [0.5, 0.6) is 5.75 Å². The number of ether oxygens (including phenoxy) is 1. The van der Waals surface area contributed by atoms with Crippen molar-refractivity contribution in [1.29, 1.82) is 0 Å². The quantitative estimate of drug-likeness (QED) is 0.824. The maximum atomic E-state index is 12.1. The van der Waals surface area contributed by atoms with Crippen LogP contribution in [0, 0.1) is 0 Å². The van der Waals surface area contributed by atoms with Gasteiger partial charge in [-0.25, -0.2) is 0 Å². The second-order valence-corrected chi connectivity index (χ2v) is 5.51. The molecule has 17 heavy (non-hydrogen) atoms. The van der Waals surface area contributed by atoms with Crippen molar-refractivity contribution < 1.29 is 9.53 Å². The molecule has 1 amide bonds. The van der Waals surface area contributed by atoms with E-state index < -0.39 is 0 Å². The fourth-order valence-electron chi connectivity index (χ4n) is 1.94. The number of carbonyl (C=O) groups excluding carboxylic acids is 1. The van der Waals surface area contributed by atoms with Crippen LogP contribution in [0.4, 0.5) is 0 Å². The van der Waals surface area contributed by atoms with E-state index in [0.717, 1.165) is 23.6 Å². The van der Waals surface area contributed by atoms with Crippen LogP contribution in [-0.2, 0) is 11.2 Å². The Morgan fingerprint density at radius 2 is 2.18 bits per heavy atom. The van der Waals surface area contributed by atoms with Crippen LogP contribution in [0.3, 0.4) is 0 Å². The average Bonchev–Trinajstić information content (AvgIpc) is 2.76. The Bertz CT molecular complexity index is 391. The highest BCUT2D eigenvalue weighted by molar-refractivity contribution is 8.00. The fourth-order valence-corrected chi connectivity index (χ4v) is 2.99. The van der Waals surface area contributed by atoms with Gasteiger partial charge in [-0.1, -0.05) is 12.1 Å². The van der Waals surface area contributed by atoms with Crippen molar-refractivity contribution in [1.82, 2.24) is 4.90 Å². The Kier molecular flexibility index (Phi) is 3.94. The first-order valence-electron chi connectivity index (χ1n) is 5.74. The summed E-state index contributed by atoms with van der Waals surface area (Å²) >= 11 is 1.84. The molecule has 1 aromatic carbocycles. The maximum Gasteiger partial charge on any atom is 0.227 e.